The van der Waals surface area contributed by atoms with Crippen LogP contribution >= 0.6 is 0 Å². The second-order valence-electron chi connectivity index (χ2n) is 6.72. The fraction of sp³-hybridized carbons (Fsp3) is 0.333. The highest BCUT2D eigenvalue weighted by atomic mass is 16.6. The van der Waals surface area contributed by atoms with Gasteiger partial charge in [-0.1, -0.05) is 0 Å². The lowest BCUT2D eigenvalue weighted by Crippen LogP contribution is -2.28. The third-order valence-corrected chi connectivity index (χ3v) is 4.78. The van der Waals surface area contributed by atoms with Gasteiger partial charge in [-0.25, -0.2) is 9.50 Å². The average molecular weight is 413 g/mol. The van der Waals surface area contributed by atoms with Crippen molar-refractivity contribution in [3.05, 3.63) is 34.9 Å². The normalized spacial score (nSPS) is 13.2. The lowest BCUT2D eigenvalue weighted by atomic mass is 10.3. The Kier molecular flexibility index (Phi) is 4.82. The highest BCUT2D eigenvalue weighted by Crippen LogP contribution is 2.42. The zero-order valence-electron chi connectivity index (χ0n) is 16.5. The predicted molar refractivity (Wildman–Crippen MR) is 106 cm³/mol. The van der Waals surface area contributed by atoms with E-state index in [9.17, 15) is 14.9 Å². The number of aromatic nitrogens is 4. The summed E-state index contributed by atoms with van der Waals surface area (Å²) in [6, 6.07) is 0. The molecule has 30 heavy (non-hydrogen) atoms. The molecule has 0 radical (unpaired) electrons. The van der Waals surface area contributed by atoms with Crippen molar-refractivity contribution in [2.45, 2.75) is 12.8 Å². The minimum atomic E-state index is -0.613. The maximum absolute atomic E-state index is 12.3. The van der Waals surface area contributed by atoms with Gasteiger partial charge in [0.25, 0.3) is 0 Å². The van der Waals surface area contributed by atoms with E-state index in [0.29, 0.717) is 17.1 Å². The number of nitro groups is 1. The summed E-state index contributed by atoms with van der Waals surface area (Å²) in [5.74, 6) is 0.864. The van der Waals surface area contributed by atoms with Crippen LogP contribution in [0.5, 0.6) is 17.2 Å². The Hall–Kier alpha value is -3.96. The molecule has 3 aromatic rings. The van der Waals surface area contributed by atoms with Crippen LogP contribution in [0.1, 0.15) is 12.8 Å². The molecule has 1 amide bonds. The molecule has 0 aromatic carbocycles. The number of rotatable bonds is 7. The van der Waals surface area contributed by atoms with Crippen LogP contribution in [-0.4, -0.2) is 51.6 Å². The van der Waals surface area contributed by atoms with Crippen molar-refractivity contribution in [1.82, 2.24) is 19.6 Å². The van der Waals surface area contributed by atoms with Crippen LogP contribution in [0, 0.1) is 16.0 Å². The molecule has 1 fully saturated rings. The molecule has 156 valence electrons. The van der Waals surface area contributed by atoms with Gasteiger partial charge in [-0.05, 0) is 22.7 Å². The smallest absolute Gasteiger partial charge is 0.391 e. The maximum atomic E-state index is 12.3. The van der Waals surface area contributed by atoms with Crippen molar-refractivity contribution in [3.8, 4) is 17.2 Å². The van der Waals surface area contributed by atoms with Crippen molar-refractivity contribution in [3.63, 3.8) is 0 Å². The molecule has 1 N–H and O–H groups in total. The standard InChI is InChI=1S/C18H19N7O5/c1-19-15-16(29-3)13(7-21-17(15)25(27)28)30-12-8-22-24-9-14(20-6-11(12)24)23(2)18(26)10-4-5-10/h6-10,19H,4-5H2,1-3H3. The van der Waals surface area contributed by atoms with Crippen molar-refractivity contribution in [2.75, 3.05) is 31.4 Å². The first-order valence-electron chi connectivity index (χ1n) is 9.12. The summed E-state index contributed by atoms with van der Waals surface area (Å²) >= 11 is 0. The largest absolute Gasteiger partial charge is 0.491 e. The van der Waals surface area contributed by atoms with Crippen LogP contribution < -0.4 is 19.7 Å². The van der Waals surface area contributed by atoms with Crippen LogP contribution in [0.3, 0.4) is 0 Å². The van der Waals surface area contributed by atoms with E-state index >= 15 is 0 Å². The number of ether oxygens (including phenoxy) is 2. The van der Waals surface area contributed by atoms with E-state index in [1.54, 1.807) is 24.0 Å². The number of carbonyl (C=O) groups excluding carboxylic acids is 1. The van der Waals surface area contributed by atoms with Gasteiger partial charge in [0.2, 0.25) is 11.7 Å². The summed E-state index contributed by atoms with van der Waals surface area (Å²) < 4.78 is 12.7. The molecule has 4 rings (SSSR count). The topological polar surface area (TPSA) is 137 Å². The molecule has 12 nitrogen and oxygen atoms in total. The summed E-state index contributed by atoms with van der Waals surface area (Å²) in [5, 5.41) is 18.2. The van der Waals surface area contributed by atoms with Gasteiger partial charge >= 0.3 is 5.82 Å². The number of nitrogens with zero attached hydrogens (tertiary/aromatic N) is 6. The first kappa shape index (κ1) is 19.4. The molecule has 0 atom stereocenters. The Morgan fingerprint density at radius 3 is 2.70 bits per heavy atom. The molecule has 0 unspecified atom stereocenters. The molecular weight excluding hydrogens is 394 g/mol. The first-order valence-corrected chi connectivity index (χ1v) is 9.12. The van der Waals surface area contributed by atoms with Crippen LogP contribution in [0.15, 0.2) is 24.8 Å². The lowest BCUT2D eigenvalue weighted by Gasteiger charge is -2.15. The summed E-state index contributed by atoms with van der Waals surface area (Å²) in [4.78, 5) is 32.5. The summed E-state index contributed by atoms with van der Waals surface area (Å²) in [6.07, 6.45) is 7.68. The monoisotopic (exact) mass is 413 g/mol. The maximum Gasteiger partial charge on any atom is 0.391 e. The number of carbonyl (C=O) groups is 1. The van der Waals surface area contributed by atoms with Crippen molar-refractivity contribution in [2.24, 2.45) is 5.92 Å². The Morgan fingerprint density at radius 2 is 2.07 bits per heavy atom. The van der Waals surface area contributed by atoms with Crippen LogP contribution in [-0.2, 0) is 4.79 Å². The number of methoxy groups -OCH3 is 1. The SMILES string of the molecule is CNc1c([N+](=O)[O-])ncc(Oc2cnn3cc(N(C)C(=O)C4CC4)ncc23)c1OC. The quantitative estimate of drug-likeness (QED) is 0.456. The lowest BCUT2D eigenvalue weighted by molar-refractivity contribution is -0.388. The summed E-state index contributed by atoms with van der Waals surface area (Å²) in [6.45, 7) is 0. The van der Waals surface area contributed by atoms with Gasteiger partial charge in [-0.3, -0.25) is 9.69 Å². The number of anilines is 2. The van der Waals surface area contributed by atoms with E-state index in [0.717, 1.165) is 12.8 Å². The summed E-state index contributed by atoms with van der Waals surface area (Å²) in [5.41, 5.74) is 0.634. The van der Waals surface area contributed by atoms with E-state index < -0.39 is 4.92 Å². The van der Waals surface area contributed by atoms with Crippen LogP contribution in [0.25, 0.3) is 5.52 Å². The molecule has 0 spiro atoms. The number of nitrogens with one attached hydrogen (secondary N) is 1. The number of pyridine rings is 1. The third kappa shape index (κ3) is 3.32. The van der Waals surface area contributed by atoms with Gasteiger partial charge in [0.1, 0.15) is 5.52 Å². The molecule has 0 saturated heterocycles. The van der Waals surface area contributed by atoms with Gasteiger partial charge in [0.05, 0.1) is 25.7 Å². The van der Waals surface area contributed by atoms with Crippen molar-refractivity contribution in [1.29, 1.82) is 0 Å². The Labute approximate surface area is 170 Å². The van der Waals surface area contributed by atoms with Gasteiger partial charge in [0.15, 0.2) is 29.2 Å². The van der Waals surface area contributed by atoms with E-state index in [2.05, 4.69) is 20.4 Å². The third-order valence-electron chi connectivity index (χ3n) is 4.78. The number of hydrogen-bond donors (Lipinski definition) is 1. The highest BCUT2D eigenvalue weighted by molar-refractivity contribution is 5.95. The molecule has 0 bridgehead atoms. The van der Waals surface area contributed by atoms with E-state index in [-0.39, 0.29) is 34.8 Å². The summed E-state index contributed by atoms with van der Waals surface area (Å²) in [7, 11) is 4.59. The number of amides is 1. The molecule has 0 aliphatic heterocycles. The van der Waals surface area contributed by atoms with Gasteiger partial charge in [-0.15, -0.1) is 0 Å². The Bertz CT molecular complexity index is 1140. The molecule has 12 heteroatoms. The minimum Gasteiger partial charge on any atom is -0.491 e. The van der Waals surface area contributed by atoms with E-state index in [4.69, 9.17) is 9.47 Å². The second-order valence-corrected chi connectivity index (χ2v) is 6.72. The number of hydrogen-bond acceptors (Lipinski definition) is 9. The predicted octanol–water partition coefficient (Wildman–Crippen LogP) is 2.25. The Balaban J connectivity index is 1.66. The van der Waals surface area contributed by atoms with Gasteiger partial charge in [0, 0.05) is 20.0 Å². The van der Waals surface area contributed by atoms with Gasteiger partial charge in [-0.2, -0.15) is 5.10 Å². The van der Waals surface area contributed by atoms with Crippen LogP contribution in [0.2, 0.25) is 0 Å². The molecule has 1 aliphatic carbocycles. The molecule has 3 heterocycles. The average Bonchev–Trinajstić information content (AvgIpc) is 3.53. The molecule has 1 aliphatic rings. The number of fused-ring (bicyclic) bond motifs is 1. The van der Waals surface area contributed by atoms with Crippen molar-refractivity contribution < 1.29 is 19.2 Å². The fourth-order valence-corrected chi connectivity index (χ4v) is 3.05. The van der Waals surface area contributed by atoms with Crippen LogP contribution in [0.4, 0.5) is 17.3 Å². The van der Waals surface area contributed by atoms with E-state index in [1.807, 2.05) is 0 Å². The molecule has 3 aromatic heterocycles. The molecule has 1 saturated carbocycles. The van der Waals surface area contributed by atoms with Crippen molar-refractivity contribution >= 4 is 28.7 Å². The Morgan fingerprint density at radius 1 is 1.30 bits per heavy atom. The highest BCUT2D eigenvalue weighted by Gasteiger charge is 2.33. The zero-order valence-corrected chi connectivity index (χ0v) is 16.5. The molecular formula is C18H19N7O5. The fourth-order valence-electron chi connectivity index (χ4n) is 3.05. The second kappa shape index (κ2) is 7.46. The first-order chi connectivity index (χ1) is 14.4. The minimum absolute atomic E-state index is 0.0340. The zero-order chi connectivity index (χ0) is 21.4. The van der Waals surface area contributed by atoms with Gasteiger partial charge < -0.3 is 24.9 Å². The van der Waals surface area contributed by atoms with E-state index in [1.165, 1.54) is 31.5 Å².